The topological polar surface area (TPSA) is 46.2 Å². The first kappa shape index (κ1) is 10.4. The van der Waals surface area contributed by atoms with Crippen molar-refractivity contribution in [1.29, 1.82) is 0 Å². The van der Waals surface area contributed by atoms with Crippen molar-refractivity contribution in [3.63, 3.8) is 0 Å². The van der Waals surface area contributed by atoms with E-state index >= 15 is 0 Å². The number of hydrogen-bond donors (Lipinski definition) is 1. The number of benzene rings is 1. The smallest absolute Gasteiger partial charge is 0.228 e. The Labute approximate surface area is 83.1 Å². The molecule has 1 aliphatic heterocycles. The van der Waals surface area contributed by atoms with E-state index in [9.17, 15) is 4.79 Å². The highest BCUT2D eigenvalue weighted by Crippen LogP contribution is 2.29. The van der Waals surface area contributed by atoms with Gasteiger partial charge in [0.2, 0.25) is 5.91 Å². The minimum absolute atomic E-state index is 0.113. The third-order valence-corrected chi connectivity index (χ3v) is 2.36. The molecule has 0 spiro atoms. The van der Waals surface area contributed by atoms with Crippen molar-refractivity contribution in [2.75, 3.05) is 5.32 Å². The van der Waals surface area contributed by atoms with Crippen LogP contribution in [0.25, 0.3) is 0 Å². The largest absolute Gasteiger partial charge is 0.325 e. The van der Waals surface area contributed by atoms with Crippen LogP contribution in [0.3, 0.4) is 0 Å². The van der Waals surface area contributed by atoms with Crippen LogP contribution in [-0.4, -0.2) is 12.7 Å². The normalized spacial score (nSPS) is 12.6. The summed E-state index contributed by atoms with van der Waals surface area (Å²) in [5.41, 5.74) is 4.55. The molecular weight excluding hydrogens is 178 g/mol. The van der Waals surface area contributed by atoms with Crippen LogP contribution in [0.4, 0.5) is 5.69 Å². The van der Waals surface area contributed by atoms with Crippen molar-refractivity contribution in [2.45, 2.75) is 20.3 Å². The van der Waals surface area contributed by atoms with E-state index in [0.717, 1.165) is 11.3 Å². The second-order valence-electron chi connectivity index (χ2n) is 3.28. The predicted molar refractivity (Wildman–Crippen MR) is 55.4 cm³/mol. The Kier molecular flexibility index (Phi) is 3.02. The molecule has 3 nitrogen and oxygen atoms in total. The van der Waals surface area contributed by atoms with E-state index in [0.29, 0.717) is 6.42 Å². The van der Waals surface area contributed by atoms with Crippen LogP contribution in [0.2, 0.25) is 0 Å². The van der Waals surface area contributed by atoms with Crippen molar-refractivity contribution in [2.24, 2.45) is 0 Å². The molecule has 0 aromatic heterocycles. The van der Waals surface area contributed by atoms with E-state index < -0.39 is 0 Å². The Hall–Kier alpha value is -1.64. The molecule has 3 heteroatoms. The Morgan fingerprint density at radius 1 is 1.21 bits per heavy atom. The summed E-state index contributed by atoms with van der Waals surface area (Å²) in [6.45, 7) is 6.06. The SMILES string of the molecule is C=O.Cc1ccc(C)c2c1CC(=O)N2. The number of aryl methyl sites for hydroxylation is 2. The summed E-state index contributed by atoms with van der Waals surface area (Å²) in [7, 11) is 0. The van der Waals surface area contributed by atoms with Crippen molar-refractivity contribution in [3.8, 4) is 0 Å². The van der Waals surface area contributed by atoms with Gasteiger partial charge >= 0.3 is 0 Å². The van der Waals surface area contributed by atoms with E-state index in [1.54, 1.807) is 0 Å². The number of carbonyl (C=O) groups excluding carboxylic acids is 2. The lowest BCUT2D eigenvalue weighted by Gasteiger charge is -2.04. The molecule has 1 heterocycles. The molecule has 0 saturated heterocycles. The monoisotopic (exact) mass is 191 g/mol. The number of carbonyl (C=O) groups is 2. The first-order valence-electron chi connectivity index (χ1n) is 4.36. The van der Waals surface area contributed by atoms with Crippen LogP contribution in [0.15, 0.2) is 12.1 Å². The minimum atomic E-state index is 0.113. The number of nitrogens with one attached hydrogen (secondary N) is 1. The van der Waals surface area contributed by atoms with Crippen molar-refractivity contribution < 1.29 is 9.59 Å². The zero-order valence-corrected chi connectivity index (χ0v) is 8.39. The van der Waals surface area contributed by atoms with E-state index in [1.165, 1.54) is 11.1 Å². The van der Waals surface area contributed by atoms with Crippen LogP contribution >= 0.6 is 0 Å². The summed E-state index contributed by atoms with van der Waals surface area (Å²) in [4.78, 5) is 19.1. The fourth-order valence-corrected chi connectivity index (χ4v) is 1.62. The van der Waals surface area contributed by atoms with Crippen molar-refractivity contribution in [1.82, 2.24) is 0 Å². The van der Waals surface area contributed by atoms with Gasteiger partial charge in [-0.05, 0) is 30.5 Å². The highest BCUT2D eigenvalue weighted by molar-refractivity contribution is 6.00. The van der Waals surface area contributed by atoms with Gasteiger partial charge in [-0.15, -0.1) is 0 Å². The van der Waals surface area contributed by atoms with Crippen LogP contribution in [0, 0.1) is 13.8 Å². The molecule has 2 rings (SSSR count). The van der Waals surface area contributed by atoms with E-state index in [2.05, 4.69) is 11.4 Å². The van der Waals surface area contributed by atoms with Gasteiger partial charge in [-0.25, -0.2) is 0 Å². The predicted octanol–water partition coefficient (Wildman–Crippen LogP) is 1.61. The van der Waals surface area contributed by atoms with Gasteiger partial charge in [0.25, 0.3) is 0 Å². The summed E-state index contributed by atoms with van der Waals surface area (Å²) in [6, 6.07) is 4.11. The maximum Gasteiger partial charge on any atom is 0.228 e. The van der Waals surface area contributed by atoms with Crippen molar-refractivity contribution >= 4 is 18.4 Å². The van der Waals surface area contributed by atoms with Gasteiger partial charge in [-0.1, -0.05) is 12.1 Å². The fraction of sp³-hybridized carbons (Fsp3) is 0.273. The maximum absolute atomic E-state index is 11.1. The van der Waals surface area contributed by atoms with E-state index in [1.807, 2.05) is 26.7 Å². The summed E-state index contributed by atoms with van der Waals surface area (Å²) in [6.07, 6.45) is 0.544. The molecule has 74 valence electrons. The average Bonchev–Trinajstić information content (AvgIpc) is 2.58. The number of hydrogen-bond acceptors (Lipinski definition) is 2. The molecule has 0 unspecified atom stereocenters. The summed E-state index contributed by atoms with van der Waals surface area (Å²) in [5, 5.41) is 2.87. The molecular formula is C11H13NO2. The van der Waals surface area contributed by atoms with E-state index in [4.69, 9.17) is 4.79 Å². The summed E-state index contributed by atoms with van der Waals surface area (Å²) >= 11 is 0. The summed E-state index contributed by atoms with van der Waals surface area (Å²) in [5.74, 6) is 0.113. The Balaban J connectivity index is 0.000000461. The number of fused-ring (bicyclic) bond motifs is 1. The standard InChI is InChI=1S/C10H11NO.CH2O/c1-6-3-4-7(2)10-8(6)5-9(12)11-10;1-2/h3-4H,5H2,1-2H3,(H,11,12);1H2. The summed E-state index contributed by atoms with van der Waals surface area (Å²) < 4.78 is 0. The number of rotatable bonds is 0. The Morgan fingerprint density at radius 2 is 1.79 bits per heavy atom. The first-order chi connectivity index (χ1) is 6.68. The van der Waals surface area contributed by atoms with Gasteiger partial charge in [-0.2, -0.15) is 0 Å². The third-order valence-electron chi connectivity index (χ3n) is 2.36. The highest BCUT2D eigenvalue weighted by atomic mass is 16.1. The molecule has 1 N–H and O–H groups in total. The Morgan fingerprint density at radius 3 is 2.36 bits per heavy atom. The molecule has 0 radical (unpaired) electrons. The van der Waals surface area contributed by atoms with Crippen LogP contribution in [0.1, 0.15) is 16.7 Å². The average molecular weight is 191 g/mol. The molecule has 0 atom stereocenters. The maximum atomic E-state index is 11.1. The molecule has 0 aliphatic carbocycles. The molecule has 1 amide bonds. The third kappa shape index (κ3) is 1.66. The molecule has 1 aromatic rings. The van der Waals surface area contributed by atoms with Gasteiger partial charge in [-0.3, -0.25) is 4.79 Å². The number of amides is 1. The second kappa shape index (κ2) is 4.05. The van der Waals surface area contributed by atoms with Crippen LogP contribution < -0.4 is 5.32 Å². The first-order valence-corrected chi connectivity index (χ1v) is 4.36. The van der Waals surface area contributed by atoms with Gasteiger partial charge < -0.3 is 10.1 Å². The highest BCUT2D eigenvalue weighted by Gasteiger charge is 2.20. The van der Waals surface area contributed by atoms with E-state index in [-0.39, 0.29) is 5.91 Å². The van der Waals surface area contributed by atoms with Gasteiger partial charge in [0, 0.05) is 5.69 Å². The van der Waals surface area contributed by atoms with Gasteiger partial charge in [0.05, 0.1) is 6.42 Å². The molecule has 1 aromatic carbocycles. The fourth-order valence-electron chi connectivity index (χ4n) is 1.62. The van der Waals surface area contributed by atoms with Gasteiger partial charge in [0.15, 0.2) is 0 Å². The Bertz CT molecular complexity index is 339. The zero-order valence-electron chi connectivity index (χ0n) is 8.39. The van der Waals surface area contributed by atoms with Gasteiger partial charge in [0.1, 0.15) is 6.79 Å². The second-order valence-corrected chi connectivity index (χ2v) is 3.28. The lowest BCUT2D eigenvalue weighted by atomic mass is 10.0. The van der Waals surface area contributed by atoms with Crippen LogP contribution in [-0.2, 0) is 16.0 Å². The quantitative estimate of drug-likeness (QED) is 0.677. The lowest BCUT2D eigenvalue weighted by Crippen LogP contribution is -2.04. The molecule has 0 fully saturated rings. The molecule has 0 bridgehead atoms. The molecule has 1 aliphatic rings. The lowest BCUT2D eigenvalue weighted by molar-refractivity contribution is -0.115. The minimum Gasteiger partial charge on any atom is -0.325 e. The van der Waals surface area contributed by atoms with Crippen LogP contribution in [0.5, 0.6) is 0 Å². The number of anilines is 1. The van der Waals surface area contributed by atoms with Crippen molar-refractivity contribution in [3.05, 3.63) is 28.8 Å². The molecule has 14 heavy (non-hydrogen) atoms. The zero-order chi connectivity index (χ0) is 10.7. The molecule has 0 saturated carbocycles.